The summed E-state index contributed by atoms with van der Waals surface area (Å²) in [5.74, 6) is 0.417. The van der Waals surface area contributed by atoms with Gasteiger partial charge in [-0.15, -0.1) is 0 Å². The van der Waals surface area contributed by atoms with E-state index in [0.29, 0.717) is 11.6 Å². The number of rotatable bonds is 6. The van der Waals surface area contributed by atoms with Gasteiger partial charge in [-0.25, -0.2) is 4.98 Å². The van der Waals surface area contributed by atoms with Crippen molar-refractivity contribution in [3.05, 3.63) is 24.0 Å². The highest BCUT2D eigenvalue weighted by atomic mass is 16.5. The van der Waals surface area contributed by atoms with Gasteiger partial charge in [0.15, 0.2) is 0 Å². The van der Waals surface area contributed by atoms with Crippen molar-refractivity contribution in [3.63, 3.8) is 0 Å². The lowest BCUT2D eigenvalue weighted by molar-refractivity contribution is 0.0387. The summed E-state index contributed by atoms with van der Waals surface area (Å²) < 4.78 is 5.46. The largest absolute Gasteiger partial charge is 0.384 e. The Morgan fingerprint density at radius 2 is 2.38 bits per heavy atom. The van der Waals surface area contributed by atoms with Crippen LogP contribution in [0.15, 0.2) is 18.3 Å². The summed E-state index contributed by atoms with van der Waals surface area (Å²) >= 11 is 0. The second-order valence-corrected chi connectivity index (χ2v) is 5.63. The second kappa shape index (κ2) is 7.98. The van der Waals surface area contributed by atoms with E-state index in [9.17, 15) is 4.79 Å². The lowest BCUT2D eigenvalue weighted by Crippen LogP contribution is -2.35. The fourth-order valence-corrected chi connectivity index (χ4v) is 2.51. The van der Waals surface area contributed by atoms with E-state index < -0.39 is 0 Å². The maximum Gasteiger partial charge on any atom is 0.272 e. The average Bonchev–Trinajstić information content (AvgIpc) is 2.53. The number of amides is 1. The Labute approximate surface area is 126 Å². The van der Waals surface area contributed by atoms with Crippen LogP contribution in [0.4, 0.5) is 5.69 Å². The van der Waals surface area contributed by atoms with Crippen LogP contribution in [0.25, 0.3) is 0 Å². The molecule has 1 aromatic heterocycles. The van der Waals surface area contributed by atoms with Gasteiger partial charge >= 0.3 is 0 Å². The zero-order valence-electron chi connectivity index (χ0n) is 13.0. The van der Waals surface area contributed by atoms with Gasteiger partial charge in [-0.3, -0.25) is 4.79 Å². The molecule has 1 aliphatic rings. The molecule has 0 spiro atoms. The van der Waals surface area contributed by atoms with E-state index >= 15 is 0 Å². The van der Waals surface area contributed by atoms with Crippen LogP contribution in [0.1, 0.15) is 36.7 Å². The van der Waals surface area contributed by atoms with Crippen LogP contribution in [-0.2, 0) is 4.74 Å². The molecule has 1 fully saturated rings. The Morgan fingerprint density at radius 1 is 1.52 bits per heavy atom. The average molecular weight is 291 g/mol. The third kappa shape index (κ3) is 4.70. The molecule has 1 saturated heterocycles. The number of carbonyl (C=O) groups is 1. The van der Waals surface area contributed by atoms with Crippen LogP contribution in [0.5, 0.6) is 0 Å². The monoisotopic (exact) mass is 291 g/mol. The molecule has 0 bridgehead atoms. The standard InChI is InChI=1S/C16H25N3O2/c1-3-8-17-14-6-7-15(18-10-14)16(20)19(2)11-13-5-4-9-21-12-13/h6-7,10,13,17H,3-5,8-9,11-12H2,1-2H3. The zero-order valence-corrected chi connectivity index (χ0v) is 13.0. The van der Waals surface area contributed by atoms with E-state index in [1.165, 1.54) is 0 Å². The Balaban J connectivity index is 1.88. The number of hydrogen-bond acceptors (Lipinski definition) is 4. The minimum Gasteiger partial charge on any atom is -0.384 e. The van der Waals surface area contributed by atoms with Crippen LogP contribution in [0.2, 0.25) is 0 Å². The summed E-state index contributed by atoms with van der Waals surface area (Å²) in [4.78, 5) is 18.4. The minimum atomic E-state index is -0.0254. The van der Waals surface area contributed by atoms with Crippen molar-refractivity contribution in [1.82, 2.24) is 9.88 Å². The number of aromatic nitrogens is 1. The van der Waals surface area contributed by atoms with E-state index in [4.69, 9.17) is 4.74 Å². The molecule has 1 N–H and O–H groups in total. The summed E-state index contributed by atoms with van der Waals surface area (Å²) in [6.45, 7) is 5.36. The molecule has 1 atom stereocenters. The molecule has 1 aromatic rings. The summed E-state index contributed by atoms with van der Waals surface area (Å²) in [5.41, 5.74) is 1.45. The van der Waals surface area contributed by atoms with Gasteiger partial charge in [0.1, 0.15) is 5.69 Å². The second-order valence-electron chi connectivity index (χ2n) is 5.63. The van der Waals surface area contributed by atoms with Gasteiger partial charge in [0.2, 0.25) is 0 Å². The van der Waals surface area contributed by atoms with E-state index in [1.807, 2.05) is 13.1 Å². The Hall–Kier alpha value is -1.62. The molecule has 0 aliphatic carbocycles. The quantitative estimate of drug-likeness (QED) is 0.874. The number of ether oxygens (including phenoxy) is 1. The van der Waals surface area contributed by atoms with Crippen LogP contribution in [0.3, 0.4) is 0 Å². The molecular weight excluding hydrogens is 266 g/mol. The van der Waals surface area contributed by atoms with Gasteiger partial charge in [0, 0.05) is 26.7 Å². The highest BCUT2D eigenvalue weighted by Crippen LogP contribution is 2.15. The van der Waals surface area contributed by atoms with Gasteiger partial charge in [-0.2, -0.15) is 0 Å². The Bertz CT molecular complexity index is 441. The molecule has 1 unspecified atom stereocenters. The molecule has 5 heteroatoms. The number of nitrogens with zero attached hydrogens (tertiary/aromatic N) is 2. The van der Waals surface area contributed by atoms with Gasteiger partial charge in [-0.05, 0) is 37.3 Å². The molecule has 2 heterocycles. The van der Waals surface area contributed by atoms with Crippen LogP contribution in [-0.4, -0.2) is 49.1 Å². The van der Waals surface area contributed by atoms with Gasteiger partial charge in [0.05, 0.1) is 18.5 Å². The molecule has 2 rings (SSSR count). The SMILES string of the molecule is CCCNc1ccc(C(=O)N(C)CC2CCCOC2)nc1. The molecule has 1 amide bonds. The van der Waals surface area contributed by atoms with Crippen molar-refractivity contribution in [1.29, 1.82) is 0 Å². The maximum atomic E-state index is 12.3. The first-order valence-electron chi connectivity index (χ1n) is 7.74. The molecule has 0 saturated carbocycles. The third-order valence-corrected chi connectivity index (χ3v) is 3.70. The molecule has 1 aliphatic heterocycles. The van der Waals surface area contributed by atoms with Crippen molar-refractivity contribution in [3.8, 4) is 0 Å². The van der Waals surface area contributed by atoms with Crippen LogP contribution in [0, 0.1) is 5.92 Å². The third-order valence-electron chi connectivity index (χ3n) is 3.70. The fourth-order valence-electron chi connectivity index (χ4n) is 2.51. The predicted molar refractivity (Wildman–Crippen MR) is 83.5 cm³/mol. The van der Waals surface area contributed by atoms with Crippen molar-refractivity contribution in [2.45, 2.75) is 26.2 Å². The molecule has 0 radical (unpaired) electrons. The van der Waals surface area contributed by atoms with E-state index in [1.54, 1.807) is 17.2 Å². The molecule has 0 aromatic carbocycles. The summed E-state index contributed by atoms with van der Waals surface area (Å²) in [6, 6.07) is 3.70. The van der Waals surface area contributed by atoms with Crippen LogP contribution < -0.4 is 5.32 Å². The predicted octanol–water partition coefficient (Wildman–Crippen LogP) is 2.40. The summed E-state index contributed by atoms with van der Waals surface area (Å²) in [6.07, 6.45) is 5.00. The fraction of sp³-hybridized carbons (Fsp3) is 0.625. The molecule has 5 nitrogen and oxygen atoms in total. The topological polar surface area (TPSA) is 54.5 Å². The first-order chi connectivity index (χ1) is 10.2. The first-order valence-corrected chi connectivity index (χ1v) is 7.74. The summed E-state index contributed by atoms with van der Waals surface area (Å²) in [5, 5.41) is 3.25. The number of hydrogen-bond donors (Lipinski definition) is 1. The van der Waals surface area contributed by atoms with Gasteiger partial charge < -0.3 is 15.0 Å². The molecular formula is C16H25N3O2. The van der Waals surface area contributed by atoms with Crippen molar-refractivity contribution in [2.75, 3.05) is 38.7 Å². The summed E-state index contributed by atoms with van der Waals surface area (Å²) in [7, 11) is 1.84. The number of carbonyl (C=O) groups excluding carboxylic acids is 1. The normalized spacial score (nSPS) is 18.3. The van der Waals surface area contributed by atoms with Crippen molar-refractivity contribution >= 4 is 11.6 Å². The lowest BCUT2D eigenvalue weighted by atomic mass is 10.0. The van der Waals surface area contributed by atoms with Gasteiger partial charge in [0.25, 0.3) is 5.91 Å². The van der Waals surface area contributed by atoms with Crippen LogP contribution >= 0.6 is 0 Å². The molecule has 116 valence electrons. The van der Waals surface area contributed by atoms with E-state index in [2.05, 4.69) is 17.2 Å². The smallest absolute Gasteiger partial charge is 0.272 e. The molecule has 21 heavy (non-hydrogen) atoms. The van der Waals surface area contributed by atoms with E-state index in [0.717, 1.165) is 51.3 Å². The maximum absolute atomic E-state index is 12.3. The Kier molecular flexibility index (Phi) is 5.99. The first kappa shape index (κ1) is 15.8. The highest BCUT2D eigenvalue weighted by molar-refractivity contribution is 5.92. The number of nitrogens with one attached hydrogen (secondary N) is 1. The number of pyridine rings is 1. The number of anilines is 1. The van der Waals surface area contributed by atoms with Crippen molar-refractivity contribution in [2.24, 2.45) is 5.92 Å². The zero-order chi connectivity index (χ0) is 15.1. The van der Waals surface area contributed by atoms with E-state index in [-0.39, 0.29) is 5.91 Å². The van der Waals surface area contributed by atoms with Gasteiger partial charge in [-0.1, -0.05) is 6.92 Å². The van der Waals surface area contributed by atoms with Crippen molar-refractivity contribution < 1.29 is 9.53 Å². The Morgan fingerprint density at radius 3 is 3.00 bits per heavy atom. The minimum absolute atomic E-state index is 0.0254. The lowest BCUT2D eigenvalue weighted by Gasteiger charge is -2.27. The highest BCUT2D eigenvalue weighted by Gasteiger charge is 2.20.